The number of fused-ring (bicyclic) bond motifs is 1. The summed E-state index contributed by atoms with van der Waals surface area (Å²) in [4.78, 5) is -1.74. The highest BCUT2D eigenvalue weighted by Crippen LogP contribution is 2.29. The molecule has 0 radical (unpaired) electrons. The van der Waals surface area contributed by atoms with Crippen LogP contribution in [-0.2, 0) is 23.1 Å². The zero-order chi connectivity index (χ0) is 12.7. The van der Waals surface area contributed by atoms with Gasteiger partial charge in [-0.15, -0.1) is 0 Å². The van der Waals surface area contributed by atoms with Crippen molar-refractivity contribution in [1.29, 1.82) is 0 Å². The van der Waals surface area contributed by atoms with E-state index >= 15 is 0 Å². The largest absolute Gasteiger partial charge is 0.326 e. The van der Waals surface area contributed by atoms with Crippen molar-refractivity contribution in [3.63, 3.8) is 0 Å². The Labute approximate surface area is 99.9 Å². The summed E-state index contributed by atoms with van der Waals surface area (Å²) in [6, 6.07) is 5.45. The van der Waals surface area contributed by atoms with Gasteiger partial charge in [-0.1, -0.05) is 24.3 Å². The first-order valence-electron chi connectivity index (χ1n) is 5.13. The lowest BCUT2D eigenvalue weighted by Gasteiger charge is -2.27. The second kappa shape index (κ2) is 3.92. The molecule has 0 bridgehead atoms. The van der Waals surface area contributed by atoms with Crippen molar-refractivity contribution in [2.75, 3.05) is 0 Å². The standard InChI is InChI=1S/C11H14N2O3S/c12-7-9-3-1-2-8-6-11(13,17(14,15)16)5-4-10(8)9/h1-5H,6-7,12-13H2,(H,14,15,16). The fourth-order valence-electron chi connectivity index (χ4n) is 1.97. The average molecular weight is 254 g/mol. The molecule has 2 rings (SSSR count). The van der Waals surface area contributed by atoms with Gasteiger partial charge in [0.1, 0.15) is 0 Å². The van der Waals surface area contributed by atoms with E-state index in [2.05, 4.69) is 0 Å². The van der Waals surface area contributed by atoms with E-state index in [0.717, 1.165) is 16.7 Å². The smallest absolute Gasteiger partial charge is 0.287 e. The van der Waals surface area contributed by atoms with Crippen molar-refractivity contribution in [3.8, 4) is 0 Å². The van der Waals surface area contributed by atoms with Gasteiger partial charge in [-0.3, -0.25) is 4.55 Å². The zero-order valence-corrected chi connectivity index (χ0v) is 9.94. The van der Waals surface area contributed by atoms with Crippen molar-refractivity contribution in [3.05, 3.63) is 41.0 Å². The van der Waals surface area contributed by atoms with Crippen molar-refractivity contribution in [2.45, 2.75) is 17.8 Å². The van der Waals surface area contributed by atoms with Crippen LogP contribution in [0.5, 0.6) is 0 Å². The maximum Gasteiger partial charge on any atom is 0.287 e. The molecular weight excluding hydrogens is 240 g/mol. The van der Waals surface area contributed by atoms with Crippen LogP contribution in [0.3, 0.4) is 0 Å². The van der Waals surface area contributed by atoms with E-state index in [-0.39, 0.29) is 6.42 Å². The van der Waals surface area contributed by atoms with Gasteiger partial charge < -0.3 is 11.5 Å². The highest BCUT2D eigenvalue weighted by atomic mass is 32.2. The van der Waals surface area contributed by atoms with Crippen LogP contribution in [0.2, 0.25) is 0 Å². The van der Waals surface area contributed by atoms with Crippen molar-refractivity contribution >= 4 is 16.2 Å². The van der Waals surface area contributed by atoms with Gasteiger partial charge in [0.25, 0.3) is 10.1 Å². The third-order valence-electron chi connectivity index (χ3n) is 2.99. The molecule has 5 nitrogen and oxygen atoms in total. The van der Waals surface area contributed by atoms with Crippen LogP contribution in [0.15, 0.2) is 24.3 Å². The van der Waals surface area contributed by atoms with Gasteiger partial charge in [0.15, 0.2) is 4.87 Å². The molecule has 1 aromatic rings. The number of nitrogens with two attached hydrogens (primary N) is 2. The monoisotopic (exact) mass is 254 g/mol. The first-order valence-corrected chi connectivity index (χ1v) is 6.57. The molecule has 0 aromatic heterocycles. The summed E-state index contributed by atoms with van der Waals surface area (Å²) >= 11 is 0. The van der Waals surface area contributed by atoms with Gasteiger partial charge >= 0.3 is 0 Å². The Balaban J connectivity index is 2.53. The molecule has 0 aliphatic heterocycles. The number of hydrogen-bond donors (Lipinski definition) is 3. The quantitative estimate of drug-likeness (QED) is 0.656. The van der Waals surface area contributed by atoms with Gasteiger partial charge in [-0.05, 0) is 22.8 Å². The molecule has 6 heteroatoms. The molecule has 0 saturated heterocycles. The third-order valence-corrected chi connectivity index (χ3v) is 4.23. The van der Waals surface area contributed by atoms with Gasteiger partial charge in [0, 0.05) is 13.0 Å². The van der Waals surface area contributed by atoms with Gasteiger partial charge in [-0.25, -0.2) is 0 Å². The molecule has 0 saturated carbocycles. The average Bonchev–Trinajstić information content (AvgIpc) is 2.26. The van der Waals surface area contributed by atoms with E-state index in [0.29, 0.717) is 6.54 Å². The fraction of sp³-hybridized carbons (Fsp3) is 0.273. The minimum Gasteiger partial charge on any atom is -0.326 e. The first kappa shape index (κ1) is 12.3. The molecule has 0 amide bonds. The summed E-state index contributed by atoms with van der Waals surface area (Å²) in [7, 11) is -4.33. The highest BCUT2D eigenvalue weighted by Gasteiger charge is 2.39. The van der Waals surface area contributed by atoms with E-state index in [9.17, 15) is 8.42 Å². The van der Waals surface area contributed by atoms with E-state index in [1.54, 1.807) is 18.2 Å². The van der Waals surface area contributed by atoms with Crippen LogP contribution in [0.25, 0.3) is 6.08 Å². The molecule has 0 heterocycles. The Hall–Kier alpha value is -1.21. The summed E-state index contributed by atoms with van der Waals surface area (Å²) in [5, 5.41) is 0. The minimum absolute atomic E-state index is 0.0471. The lowest BCUT2D eigenvalue weighted by atomic mass is 9.91. The van der Waals surface area contributed by atoms with E-state index in [1.165, 1.54) is 6.08 Å². The van der Waals surface area contributed by atoms with Crippen LogP contribution < -0.4 is 11.5 Å². The molecule has 1 aromatic carbocycles. The lowest BCUT2D eigenvalue weighted by molar-refractivity contribution is 0.446. The van der Waals surface area contributed by atoms with Crippen LogP contribution >= 0.6 is 0 Å². The molecule has 1 unspecified atom stereocenters. The minimum atomic E-state index is -4.33. The molecule has 0 fully saturated rings. The molecule has 1 aliphatic rings. The fourth-order valence-corrected chi connectivity index (χ4v) is 2.55. The molecule has 92 valence electrons. The second-order valence-electron chi connectivity index (χ2n) is 4.13. The summed E-state index contributed by atoms with van der Waals surface area (Å²) in [6.07, 6.45) is 2.96. The maximum absolute atomic E-state index is 11.2. The molecular formula is C11H14N2O3S. The van der Waals surface area contributed by atoms with E-state index in [4.69, 9.17) is 16.0 Å². The number of rotatable bonds is 2. The predicted octanol–water partition coefficient (Wildman–Crippen LogP) is 0.257. The second-order valence-corrected chi connectivity index (χ2v) is 5.84. The van der Waals surface area contributed by atoms with E-state index in [1.807, 2.05) is 6.07 Å². The molecule has 1 atom stereocenters. The van der Waals surface area contributed by atoms with E-state index < -0.39 is 15.0 Å². The molecule has 17 heavy (non-hydrogen) atoms. The zero-order valence-electron chi connectivity index (χ0n) is 9.13. The topological polar surface area (TPSA) is 106 Å². The Bertz CT molecular complexity index is 580. The number of benzene rings is 1. The molecule has 5 N–H and O–H groups in total. The first-order chi connectivity index (χ1) is 7.87. The van der Waals surface area contributed by atoms with Crippen molar-refractivity contribution in [2.24, 2.45) is 11.5 Å². The summed E-state index contributed by atoms with van der Waals surface area (Å²) in [6.45, 7) is 0.372. The SMILES string of the molecule is NCc1cccc2c1C=CC(N)(S(=O)(=O)O)C2. The van der Waals surface area contributed by atoms with Gasteiger partial charge in [0.05, 0.1) is 0 Å². The Morgan fingerprint density at radius 3 is 2.71 bits per heavy atom. The van der Waals surface area contributed by atoms with Crippen LogP contribution in [0.4, 0.5) is 0 Å². The maximum atomic E-state index is 11.2. The highest BCUT2D eigenvalue weighted by molar-refractivity contribution is 7.87. The Morgan fingerprint density at radius 2 is 2.12 bits per heavy atom. The molecule has 0 spiro atoms. The normalized spacial score (nSPS) is 23.5. The van der Waals surface area contributed by atoms with Crippen LogP contribution in [0, 0.1) is 0 Å². The molecule has 1 aliphatic carbocycles. The summed E-state index contributed by atoms with van der Waals surface area (Å²) in [5.41, 5.74) is 13.9. The van der Waals surface area contributed by atoms with Crippen LogP contribution in [-0.4, -0.2) is 17.8 Å². The third kappa shape index (κ3) is 2.00. The van der Waals surface area contributed by atoms with Crippen molar-refractivity contribution in [1.82, 2.24) is 0 Å². The summed E-state index contributed by atoms with van der Waals surface area (Å²) in [5.74, 6) is 0. The Kier molecular flexibility index (Phi) is 2.82. The van der Waals surface area contributed by atoms with Crippen LogP contribution in [0.1, 0.15) is 16.7 Å². The predicted molar refractivity (Wildman–Crippen MR) is 65.5 cm³/mol. The van der Waals surface area contributed by atoms with Gasteiger partial charge in [-0.2, -0.15) is 8.42 Å². The Morgan fingerprint density at radius 1 is 1.41 bits per heavy atom. The van der Waals surface area contributed by atoms with Gasteiger partial charge in [0.2, 0.25) is 0 Å². The summed E-state index contributed by atoms with van der Waals surface area (Å²) < 4.78 is 31.6. The van der Waals surface area contributed by atoms with Crippen molar-refractivity contribution < 1.29 is 13.0 Å². The lowest BCUT2D eigenvalue weighted by Crippen LogP contribution is -2.48. The number of hydrogen-bond acceptors (Lipinski definition) is 4.